The van der Waals surface area contributed by atoms with E-state index in [0.29, 0.717) is 12.4 Å². The second kappa shape index (κ2) is 3.88. The van der Waals surface area contributed by atoms with E-state index >= 15 is 0 Å². The molecule has 0 fully saturated rings. The smallest absolute Gasteiger partial charge is 0.151 e. The lowest BCUT2D eigenvalue weighted by molar-refractivity contribution is -0.127. The van der Waals surface area contributed by atoms with Crippen LogP contribution in [0.15, 0.2) is 23.7 Å². The molecule has 0 aromatic heterocycles. The van der Waals surface area contributed by atoms with Gasteiger partial charge < -0.3 is 14.3 Å². The van der Waals surface area contributed by atoms with Crippen molar-refractivity contribution in [3.05, 3.63) is 23.7 Å². The van der Waals surface area contributed by atoms with Crippen LogP contribution < -0.4 is 0 Å². The van der Waals surface area contributed by atoms with E-state index in [1.807, 2.05) is 0 Å². The van der Waals surface area contributed by atoms with Crippen molar-refractivity contribution in [3.8, 4) is 0 Å². The lowest BCUT2D eigenvalue weighted by Crippen LogP contribution is -2.30. The van der Waals surface area contributed by atoms with Crippen molar-refractivity contribution in [2.45, 2.75) is 6.42 Å². The molecule has 0 aromatic rings. The van der Waals surface area contributed by atoms with Gasteiger partial charge in [0.2, 0.25) is 0 Å². The van der Waals surface area contributed by atoms with Crippen molar-refractivity contribution in [2.24, 2.45) is 11.8 Å². The lowest BCUT2D eigenvalue weighted by atomic mass is 9.81. The molecule has 4 nitrogen and oxygen atoms in total. The van der Waals surface area contributed by atoms with Crippen molar-refractivity contribution in [1.29, 1.82) is 0 Å². The third-order valence-electron chi connectivity index (χ3n) is 2.76. The van der Waals surface area contributed by atoms with E-state index in [1.165, 1.54) is 0 Å². The van der Waals surface area contributed by atoms with Crippen LogP contribution in [0.3, 0.4) is 0 Å². The summed E-state index contributed by atoms with van der Waals surface area (Å²) >= 11 is 0. The van der Waals surface area contributed by atoms with Crippen LogP contribution >= 0.6 is 0 Å². The number of ether oxygens (including phenoxy) is 2. The molecule has 80 valence electrons. The van der Waals surface area contributed by atoms with Gasteiger partial charge in [-0.2, -0.15) is 0 Å². The van der Waals surface area contributed by atoms with Gasteiger partial charge in [0.25, 0.3) is 0 Å². The van der Waals surface area contributed by atoms with Crippen LogP contribution in [0.1, 0.15) is 6.42 Å². The third kappa shape index (κ3) is 1.56. The summed E-state index contributed by atoms with van der Waals surface area (Å²) in [6, 6.07) is 0. The van der Waals surface area contributed by atoms with E-state index < -0.39 is 0 Å². The number of carbonyl (C=O) groups excluding carboxylic acids is 2. The van der Waals surface area contributed by atoms with Gasteiger partial charge in [-0.05, 0) is 6.08 Å². The molecular formula is C11H12O4. The Balaban J connectivity index is 2.32. The normalized spacial score (nSPS) is 28.7. The molecule has 1 heterocycles. The van der Waals surface area contributed by atoms with Crippen LogP contribution in [-0.2, 0) is 19.1 Å². The molecule has 0 N–H and O–H groups in total. The van der Waals surface area contributed by atoms with E-state index in [2.05, 4.69) is 0 Å². The number of hydrogen-bond acceptors (Lipinski definition) is 4. The van der Waals surface area contributed by atoms with Gasteiger partial charge in [0, 0.05) is 17.9 Å². The predicted octanol–water partition coefficient (Wildman–Crippen LogP) is 0.835. The number of aldehydes is 1. The van der Waals surface area contributed by atoms with Crippen molar-refractivity contribution >= 4 is 12.1 Å². The van der Waals surface area contributed by atoms with E-state index in [9.17, 15) is 9.59 Å². The fourth-order valence-corrected chi connectivity index (χ4v) is 1.96. The van der Waals surface area contributed by atoms with E-state index in [1.54, 1.807) is 19.4 Å². The molecule has 1 aliphatic heterocycles. The molecule has 2 aliphatic rings. The second-order valence-corrected chi connectivity index (χ2v) is 3.61. The number of rotatable bonds is 3. The topological polar surface area (TPSA) is 52.6 Å². The Kier molecular flexibility index (Phi) is 2.58. The SMILES string of the molecule is COC1=CC(CC=O)C(=O)C2COC=C12. The Morgan fingerprint density at radius 1 is 1.67 bits per heavy atom. The van der Waals surface area contributed by atoms with E-state index in [4.69, 9.17) is 9.47 Å². The largest absolute Gasteiger partial charge is 0.500 e. The van der Waals surface area contributed by atoms with Gasteiger partial charge >= 0.3 is 0 Å². The minimum atomic E-state index is -0.360. The molecule has 2 atom stereocenters. The van der Waals surface area contributed by atoms with Crippen LogP contribution in [0.2, 0.25) is 0 Å². The number of methoxy groups -OCH3 is 1. The van der Waals surface area contributed by atoms with Crippen molar-refractivity contribution < 1.29 is 19.1 Å². The Bertz CT molecular complexity index is 354. The summed E-state index contributed by atoms with van der Waals surface area (Å²) in [6.07, 6.45) is 4.25. The molecule has 0 aromatic carbocycles. The lowest BCUT2D eigenvalue weighted by Gasteiger charge is -2.23. The molecular weight excluding hydrogens is 196 g/mol. The van der Waals surface area contributed by atoms with Gasteiger partial charge in [0.15, 0.2) is 5.78 Å². The second-order valence-electron chi connectivity index (χ2n) is 3.61. The van der Waals surface area contributed by atoms with Gasteiger partial charge in [-0.25, -0.2) is 0 Å². The minimum Gasteiger partial charge on any atom is -0.500 e. The van der Waals surface area contributed by atoms with Crippen LogP contribution in [0, 0.1) is 11.8 Å². The Morgan fingerprint density at radius 2 is 2.47 bits per heavy atom. The summed E-state index contributed by atoms with van der Waals surface area (Å²) in [6.45, 7) is 0.365. The standard InChI is InChI=1S/C11H12O4/c1-14-10-4-7(2-3-12)11(13)9-6-15-5-8(9)10/h3-5,7,9H,2,6H2,1H3. The van der Waals surface area contributed by atoms with Crippen LogP contribution in [0.4, 0.5) is 0 Å². The van der Waals surface area contributed by atoms with Crippen LogP contribution in [-0.4, -0.2) is 25.8 Å². The highest BCUT2D eigenvalue weighted by Gasteiger charge is 2.38. The maximum absolute atomic E-state index is 11.9. The number of Topliss-reactive ketones (excluding diaryl/α,β-unsaturated/α-hetero) is 1. The monoisotopic (exact) mass is 208 g/mol. The first-order chi connectivity index (χ1) is 7.27. The average molecular weight is 208 g/mol. The zero-order chi connectivity index (χ0) is 10.8. The molecule has 0 radical (unpaired) electrons. The third-order valence-corrected chi connectivity index (χ3v) is 2.76. The Morgan fingerprint density at radius 3 is 3.13 bits per heavy atom. The number of carbonyl (C=O) groups is 2. The van der Waals surface area contributed by atoms with Crippen molar-refractivity contribution in [2.75, 3.05) is 13.7 Å². The first-order valence-corrected chi connectivity index (χ1v) is 4.83. The van der Waals surface area contributed by atoms with Crippen LogP contribution in [0.5, 0.6) is 0 Å². The molecule has 1 aliphatic carbocycles. The van der Waals surface area contributed by atoms with Crippen molar-refractivity contribution in [3.63, 3.8) is 0 Å². The van der Waals surface area contributed by atoms with Crippen molar-refractivity contribution in [1.82, 2.24) is 0 Å². The highest BCUT2D eigenvalue weighted by molar-refractivity contribution is 5.92. The first kappa shape index (κ1) is 9.96. The molecule has 0 saturated heterocycles. The molecule has 4 heteroatoms. The van der Waals surface area contributed by atoms with Gasteiger partial charge in [-0.1, -0.05) is 0 Å². The maximum atomic E-state index is 11.9. The summed E-state index contributed by atoms with van der Waals surface area (Å²) in [4.78, 5) is 22.3. The number of ketones is 1. The Hall–Kier alpha value is -1.58. The highest BCUT2D eigenvalue weighted by Crippen LogP contribution is 2.35. The zero-order valence-electron chi connectivity index (χ0n) is 8.43. The zero-order valence-corrected chi connectivity index (χ0v) is 8.43. The fourth-order valence-electron chi connectivity index (χ4n) is 1.96. The molecule has 0 saturated carbocycles. The molecule has 0 bridgehead atoms. The van der Waals surface area contributed by atoms with Gasteiger partial charge in [0.1, 0.15) is 18.7 Å². The molecule has 0 amide bonds. The number of fused-ring (bicyclic) bond motifs is 1. The molecule has 15 heavy (non-hydrogen) atoms. The number of allylic oxidation sites excluding steroid dienone is 2. The van der Waals surface area contributed by atoms with Gasteiger partial charge in [-0.15, -0.1) is 0 Å². The minimum absolute atomic E-state index is 0.0478. The van der Waals surface area contributed by atoms with Gasteiger partial charge in [-0.3, -0.25) is 4.79 Å². The molecule has 2 rings (SSSR count). The summed E-state index contributed by atoms with van der Waals surface area (Å²) in [5.41, 5.74) is 0.796. The van der Waals surface area contributed by atoms with Gasteiger partial charge in [0.05, 0.1) is 19.3 Å². The van der Waals surface area contributed by atoms with Crippen LogP contribution in [0.25, 0.3) is 0 Å². The summed E-state index contributed by atoms with van der Waals surface area (Å²) in [7, 11) is 1.55. The Labute approximate surface area is 87.5 Å². The maximum Gasteiger partial charge on any atom is 0.151 e. The predicted molar refractivity (Wildman–Crippen MR) is 51.8 cm³/mol. The average Bonchev–Trinajstić information content (AvgIpc) is 2.71. The summed E-state index contributed by atoms with van der Waals surface area (Å²) < 4.78 is 10.3. The first-order valence-electron chi connectivity index (χ1n) is 4.83. The fraction of sp³-hybridized carbons (Fsp3) is 0.455. The molecule has 2 unspecified atom stereocenters. The quantitative estimate of drug-likeness (QED) is 0.645. The highest BCUT2D eigenvalue weighted by atomic mass is 16.5. The molecule has 0 spiro atoms. The van der Waals surface area contributed by atoms with E-state index in [0.717, 1.165) is 11.9 Å². The summed E-state index contributed by atoms with van der Waals surface area (Å²) in [5.74, 6) is 0.0896. The summed E-state index contributed by atoms with van der Waals surface area (Å²) in [5, 5.41) is 0. The number of hydrogen-bond donors (Lipinski definition) is 0. The van der Waals surface area contributed by atoms with E-state index in [-0.39, 0.29) is 24.0 Å².